The molecule has 0 atom stereocenters. The molecule has 0 bridgehead atoms. The van der Waals surface area contributed by atoms with E-state index in [0.717, 1.165) is 0 Å². The summed E-state index contributed by atoms with van der Waals surface area (Å²) in [6.45, 7) is 13.6. The van der Waals surface area contributed by atoms with E-state index in [1.807, 2.05) is 27.7 Å². The Morgan fingerprint density at radius 2 is 1.73 bits per heavy atom. The molecule has 0 N–H and O–H groups in total. The van der Waals surface area contributed by atoms with E-state index in [2.05, 4.69) is 11.2 Å². The van der Waals surface area contributed by atoms with Crippen LogP contribution in [0.2, 0.25) is 0 Å². The van der Waals surface area contributed by atoms with Crippen molar-refractivity contribution in [2.75, 3.05) is 0 Å². The molecule has 0 fully saturated rings. The monoisotopic (exact) mass is 226 g/mol. The first-order valence-corrected chi connectivity index (χ1v) is 3.62. The largest absolute Gasteiger partial charge is 0.597 e. The van der Waals surface area contributed by atoms with Crippen LogP contribution in [0.1, 0.15) is 27.7 Å². The topological polar surface area (TPSA) is 12.4 Å². The molecule has 11 heavy (non-hydrogen) atoms. The van der Waals surface area contributed by atoms with Gasteiger partial charge in [-0.1, -0.05) is 33.6 Å². The van der Waals surface area contributed by atoms with Crippen LogP contribution in [0.3, 0.4) is 0 Å². The van der Waals surface area contributed by atoms with Crippen LogP contribution >= 0.6 is 0 Å². The molecule has 0 rings (SSSR count). The summed E-state index contributed by atoms with van der Waals surface area (Å²) in [7, 11) is 0. The molecule has 0 unspecified atom stereocenters. The zero-order valence-electron chi connectivity index (χ0n) is 7.76. The third kappa shape index (κ3) is 8.42. The average Bonchev–Trinajstić information content (AvgIpc) is 1.82. The molecule has 0 saturated heterocycles. The van der Waals surface area contributed by atoms with Crippen LogP contribution in [-0.4, -0.2) is 6.21 Å². The van der Waals surface area contributed by atoms with Crippen LogP contribution in [0, 0.1) is 18.4 Å². The van der Waals surface area contributed by atoms with E-state index in [9.17, 15) is 0 Å². The summed E-state index contributed by atoms with van der Waals surface area (Å²) in [5.41, 5.74) is 0.661. The Hall–Kier alpha value is 0.514. The Kier molecular flexibility index (Phi) is 9.18. The van der Waals surface area contributed by atoms with E-state index >= 15 is 0 Å². The van der Waals surface area contributed by atoms with Crippen LogP contribution in [0.15, 0.2) is 10.7 Å². The van der Waals surface area contributed by atoms with Crippen molar-refractivity contribution < 1.29 is 32.7 Å². The number of rotatable bonds is 3. The third-order valence-electron chi connectivity index (χ3n) is 1.04. The van der Waals surface area contributed by atoms with Gasteiger partial charge >= 0.3 is 0 Å². The van der Waals surface area contributed by atoms with Crippen LogP contribution in [0.25, 0.3) is 0 Å². The molecule has 0 aliphatic rings. The molecular weight excluding hydrogens is 211 g/mol. The van der Waals surface area contributed by atoms with Crippen molar-refractivity contribution in [2.24, 2.45) is 16.8 Å². The standard InChI is InChI=1S/C9H15N.Y/c1-7(2)6-10-9(5)8(3)4;/h5,7-8H,1-4H3;/q-2;. The van der Waals surface area contributed by atoms with Gasteiger partial charge < -0.3 is 17.3 Å². The molecule has 0 saturated carbocycles. The third-order valence-corrected chi connectivity index (χ3v) is 1.04. The van der Waals surface area contributed by atoms with Crippen LogP contribution < -0.4 is 0 Å². The van der Waals surface area contributed by atoms with Gasteiger partial charge in [-0.15, -0.1) is 5.92 Å². The first kappa shape index (κ1) is 14.1. The smallest absolute Gasteiger partial charge is 0 e. The molecule has 0 amide bonds. The van der Waals surface area contributed by atoms with E-state index < -0.39 is 0 Å². The molecule has 0 aliphatic heterocycles. The normalized spacial score (nSPS) is 10.7. The van der Waals surface area contributed by atoms with Crippen molar-refractivity contribution in [1.82, 2.24) is 0 Å². The van der Waals surface area contributed by atoms with Crippen LogP contribution in [0.4, 0.5) is 0 Å². The minimum Gasteiger partial charge on any atom is -0.597 e. The van der Waals surface area contributed by atoms with E-state index in [-0.39, 0.29) is 32.7 Å². The summed E-state index contributed by atoms with van der Waals surface area (Å²) in [6.07, 6.45) is 2.89. The summed E-state index contributed by atoms with van der Waals surface area (Å²) in [5, 5.41) is 0. The number of aliphatic imine (C=N–C) groups is 1. The minimum atomic E-state index is 0. The Balaban J connectivity index is 0. The second kappa shape index (κ2) is 7.18. The molecule has 61 valence electrons. The predicted octanol–water partition coefficient (Wildman–Crippen LogP) is 2.56. The fraction of sp³-hybridized carbons (Fsp3) is 0.667. The molecule has 1 nitrogen and oxygen atoms in total. The maximum atomic E-state index is 5.55. The second-order valence-corrected chi connectivity index (χ2v) is 2.98. The van der Waals surface area contributed by atoms with Crippen LogP contribution in [-0.2, 0) is 32.7 Å². The van der Waals surface area contributed by atoms with Gasteiger partial charge in [-0.25, -0.2) is 0 Å². The Morgan fingerprint density at radius 1 is 1.27 bits per heavy atom. The molecule has 0 aromatic carbocycles. The number of allylic oxidation sites excluding steroid dienone is 1. The number of hydrogen-bond donors (Lipinski definition) is 0. The van der Waals surface area contributed by atoms with Crippen molar-refractivity contribution >= 4 is 6.21 Å². The Labute approximate surface area is 95.2 Å². The molecule has 2 heteroatoms. The predicted molar refractivity (Wildman–Crippen MR) is 44.9 cm³/mol. The van der Waals surface area contributed by atoms with Crippen LogP contribution in [0.5, 0.6) is 0 Å². The molecule has 1 radical (unpaired) electrons. The van der Waals surface area contributed by atoms with Crippen molar-refractivity contribution in [2.45, 2.75) is 27.7 Å². The van der Waals surface area contributed by atoms with Crippen molar-refractivity contribution in [1.29, 1.82) is 0 Å². The summed E-state index contributed by atoms with van der Waals surface area (Å²) in [5.74, 6) is 0.684. The maximum absolute atomic E-state index is 5.55. The van der Waals surface area contributed by atoms with E-state index in [1.54, 1.807) is 0 Å². The van der Waals surface area contributed by atoms with Crippen molar-refractivity contribution in [3.05, 3.63) is 12.3 Å². The second-order valence-electron chi connectivity index (χ2n) is 2.98. The van der Waals surface area contributed by atoms with Crippen molar-refractivity contribution in [3.63, 3.8) is 0 Å². The summed E-state index contributed by atoms with van der Waals surface area (Å²) >= 11 is 0. The van der Waals surface area contributed by atoms with Gasteiger partial charge in [0.25, 0.3) is 0 Å². The van der Waals surface area contributed by atoms with Gasteiger partial charge in [0.1, 0.15) is 0 Å². The fourth-order valence-electron chi connectivity index (χ4n) is 0.333. The SMILES string of the molecule is [CH-]=C(N=[C-]C(C)C)C(C)C.[Y]. The van der Waals surface area contributed by atoms with Crippen molar-refractivity contribution in [3.8, 4) is 0 Å². The molecule has 0 aliphatic carbocycles. The van der Waals surface area contributed by atoms with Gasteiger partial charge in [-0.3, -0.25) is 0 Å². The number of hydrogen-bond acceptors (Lipinski definition) is 1. The quantitative estimate of drug-likeness (QED) is 0.518. The molecule has 0 spiro atoms. The molecule has 0 aromatic heterocycles. The van der Waals surface area contributed by atoms with Gasteiger partial charge in [-0.2, -0.15) is 6.21 Å². The molecular formula is C9H15NY-2. The Bertz CT molecular complexity index is 136. The van der Waals surface area contributed by atoms with Gasteiger partial charge in [-0.05, 0) is 0 Å². The maximum Gasteiger partial charge on any atom is 0 e. The van der Waals surface area contributed by atoms with E-state index in [0.29, 0.717) is 17.5 Å². The first-order valence-electron chi connectivity index (χ1n) is 3.62. The van der Waals surface area contributed by atoms with E-state index in [1.165, 1.54) is 0 Å². The van der Waals surface area contributed by atoms with Gasteiger partial charge in [0, 0.05) is 32.7 Å². The van der Waals surface area contributed by atoms with Gasteiger partial charge in [0.15, 0.2) is 0 Å². The molecule has 0 heterocycles. The fourth-order valence-corrected chi connectivity index (χ4v) is 0.333. The first-order chi connectivity index (χ1) is 4.54. The Morgan fingerprint density at radius 3 is 2.00 bits per heavy atom. The minimum absolute atomic E-state index is 0. The number of nitrogens with zero attached hydrogens (tertiary/aromatic N) is 1. The zero-order chi connectivity index (χ0) is 8.15. The average molecular weight is 226 g/mol. The zero-order valence-corrected chi connectivity index (χ0v) is 10.6. The molecule has 0 aromatic rings. The van der Waals surface area contributed by atoms with E-state index in [4.69, 9.17) is 6.58 Å². The summed E-state index contributed by atoms with van der Waals surface area (Å²) in [4.78, 5) is 3.97. The summed E-state index contributed by atoms with van der Waals surface area (Å²) < 4.78 is 0. The summed E-state index contributed by atoms with van der Waals surface area (Å²) in [6, 6.07) is 0. The van der Waals surface area contributed by atoms with Gasteiger partial charge in [0.2, 0.25) is 0 Å². The van der Waals surface area contributed by atoms with Gasteiger partial charge in [0.05, 0.1) is 0 Å².